The van der Waals surface area contributed by atoms with E-state index in [9.17, 15) is 0 Å². The number of oxazole rings is 1. The Morgan fingerprint density at radius 1 is 1.67 bits per heavy atom. The summed E-state index contributed by atoms with van der Waals surface area (Å²) in [6.07, 6.45) is 7.00. The van der Waals surface area contributed by atoms with E-state index in [4.69, 9.17) is 4.42 Å². The van der Waals surface area contributed by atoms with E-state index in [-0.39, 0.29) is 0 Å². The number of nitrogens with one attached hydrogen (secondary N) is 1. The van der Waals surface area contributed by atoms with Crippen LogP contribution in [0.5, 0.6) is 0 Å². The van der Waals surface area contributed by atoms with Crippen LogP contribution in [0.25, 0.3) is 0 Å². The molecular weight excluding hydrogens is 152 g/mol. The average Bonchev–Trinajstić information content (AvgIpc) is 2.54. The normalized spacial score (nSPS) is 22.2. The van der Waals surface area contributed by atoms with Crippen molar-refractivity contribution in [1.29, 1.82) is 0 Å². The van der Waals surface area contributed by atoms with Crippen molar-refractivity contribution in [2.45, 2.75) is 19.3 Å². The predicted octanol–water partition coefficient (Wildman–Crippen LogP) is 1.57. The smallest absolute Gasteiger partial charge is 0.191 e. The third-order valence-electron chi connectivity index (χ3n) is 2.05. The molecule has 1 aliphatic heterocycles. The molecule has 0 aliphatic carbocycles. The van der Waals surface area contributed by atoms with E-state index in [0.29, 0.717) is 5.92 Å². The number of nitrogens with zero attached hydrogens (tertiary/aromatic N) is 1. The summed E-state index contributed by atoms with van der Waals surface area (Å²) in [4.78, 5) is 4.07. The van der Waals surface area contributed by atoms with Crippen LogP contribution in [-0.2, 0) is 0 Å². The Hall–Kier alpha value is -1.25. The summed E-state index contributed by atoms with van der Waals surface area (Å²) in [5.41, 5.74) is 0. The summed E-state index contributed by atoms with van der Waals surface area (Å²) in [6.45, 7) is 2.88. The molecule has 0 spiro atoms. The second kappa shape index (κ2) is 3.01. The SMILES string of the molecule is Cc1ncc(C2C=CNCC2)o1. The lowest BCUT2D eigenvalue weighted by atomic mass is 10.0. The molecule has 2 rings (SSSR count). The van der Waals surface area contributed by atoms with Gasteiger partial charge in [0.1, 0.15) is 5.76 Å². The van der Waals surface area contributed by atoms with Gasteiger partial charge in [0.15, 0.2) is 5.89 Å². The molecule has 1 atom stereocenters. The molecule has 0 amide bonds. The van der Waals surface area contributed by atoms with Gasteiger partial charge < -0.3 is 9.73 Å². The lowest BCUT2D eigenvalue weighted by Crippen LogP contribution is -2.15. The van der Waals surface area contributed by atoms with Gasteiger partial charge in [0, 0.05) is 19.4 Å². The molecule has 1 aromatic rings. The van der Waals surface area contributed by atoms with E-state index in [0.717, 1.165) is 24.6 Å². The zero-order valence-corrected chi connectivity index (χ0v) is 7.08. The van der Waals surface area contributed by atoms with E-state index in [1.165, 1.54) is 0 Å². The highest BCUT2D eigenvalue weighted by molar-refractivity contribution is 5.12. The van der Waals surface area contributed by atoms with Crippen molar-refractivity contribution in [3.63, 3.8) is 0 Å². The van der Waals surface area contributed by atoms with Crippen molar-refractivity contribution in [2.24, 2.45) is 0 Å². The summed E-state index contributed by atoms with van der Waals surface area (Å²) >= 11 is 0. The lowest BCUT2D eigenvalue weighted by molar-refractivity contribution is 0.445. The fourth-order valence-electron chi connectivity index (χ4n) is 1.39. The average molecular weight is 164 g/mol. The van der Waals surface area contributed by atoms with Gasteiger partial charge in [-0.05, 0) is 12.6 Å². The molecule has 1 aromatic heterocycles. The van der Waals surface area contributed by atoms with E-state index < -0.39 is 0 Å². The topological polar surface area (TPSA) is 38.1 Å². The molecule has 1 N–H and O–H groups in total. The quantitative estimate of drug-likeness (QED) is 0.684. The number of allylic oxidation sites excluding steroid dienone is 1. The summed E-state index contributed by atoms with van der Waals surface area (Å²) in [5.74, 6) is 2.13. The molecule has 1 unspecified atom stereocenters. The van der Waals surface area contributed by atoms with Crippen LogP contribution in [0.4, 0.5) is 0 Å². The van der Waals surface area contributed by atoms with Gasteiger partial charge >= 0.3 is 0 Å². The second-order valence-electron chi connectivity index (χ2n) is 2.99. The van der Waals surface area contributed by atoms with Gasteiger partial charge in [0.05, 0.1) is 6.20 Å². The molecule has 3 heteroatoms. The third kappa shape index (κ3) is 1.35. The molecule has 0 aromatic carbocycles. The van der Waals surface area contributed by atoms with Gasteiger partial charge in [0.25, 0.3) is 0 Å². The standard InChI is InChI=1S/C9H12N2O/c1-7-11-6-9(12-7)8-2-4-10-5-3-8/h2,4,6,8,10H,3,5H2,1H3. The van der Waals surface area contributed by atoms with Gasteiger partial charge in [0.2, 0.25) is 0 Å². The van der Waals surface area contributed by atoms with E-state index >= 15 is 0 Å². The van der Waals surface area contributed by atoms with Gasteiger partial charge in [-0.1, -0.05) is 6.08 Å². The third-order valence-corrected chi connectivity index (χ3v) is 2.05. The first-order valence-corrected chi connectivity index (χ1v) is 4.18. The van der Waals surface area contributed by atoms with Crippen LogP contribution in [0.2, 0.25) is 0 Å². The zero-order chi connectivity index (χ0) is 8.39. The van der Waals surface area contributed by atoms with Crippen LogP contribution in [0.1, 0.15) is 24.0 Å². The zero-order valence-electron chi connectivity index (χ0n) is 7.08. The fraction of sp³-hybridized carbons (Fsp3) is 0.444. The number of aromatic nitrogens is 1. The van der Waals surface area contributed by atoms with Crippen LogP contribution < -0.4 is 5.32 Å². The number of rotatable bonds is 1. The number of hydrogen-bond acceptors (Lipinski definition) is 3. The summed E-state index contributed by atoms with van der Waals surface area (Å²) in [6, 6.07) is 0. The van der Waals surface area contributed by atoms with Crippen LogP contribution in [0.15, 0.2) is 22.9 Å². The van der Waals surface area contributed by atoms with Crippen molar-refractivity contribution in [3.05, 3.63) is 30.1 Å². The van der Waals surface area contributed by atoms with Crippen molar-refractivity contribution in [2.75, 3.05) is 6.54 Å². The molecule has 2 heterocycles. The van der Waals surface area contributed by atoms with E-state index in [2.05, 4.69) is 16.4 Å². The highest BCUT2D eigenvalue weighted by Crippen LogP contribution is 2.22. The Bertz CT molecular complexity index is 290. The van der Waals surface area contributed by atoms with Gasteiger partial charge in [-0.15, -0.1) is 0 Å². The highest BCUT2D eigenvalue weighted by Gasteiger charge is 2.14. The Kier molecular flexibility index (Phi) is 1.86. The maximum absolute atomic E-state index is 5.43. The molecule has 12 heavy (non-hydrogen) atoms. The summed E-state index contributed by atoms with van der Waals surface area (Å²) in [5, 5.41) is 3.15. The Morgan fingerprint density at radius 3 is 3.17 bits per heavy atom. The lowest BCUT2D eigenvalue weighted by Gasteiger charge is -2.14. The largest absolute Gasteiger partial charge is 0.445 e. The summed E-state index contributed by atoms with van der Waals surface area (Å²) < 4.78 is 5.43. The fourth-order valence-corrected chi connectivity index (χ4v) is 1.39. The molecule has 0 saturated carbocycles. The van der Waals surface area contributed by atoms with Crippen LogP contribution in [0.3, 0.4) is 0 Å². The minimum absolute atomic E-state index is 0.410. The minimum atomic E-state index is 0.410. The van der Waals surface area contributed by atoms with Crippen LogP contribution >= 0.6 is 0 Å². The maximum atomic E-state index is 5.43. The minimum Gasteiger partial charge on any atom is -0.445 e. The molecular formula is C9H12N2O. The first-order valence-electron chi connectivity index (χ1n) is 4.18. The first kappa shape index (κ1) is 7.40. The van der Waals surface area contributed by atoms with Gasteiger partial charge in [-0.3, -0.25) is 0 Å². The molecule has 0 bridgehead atoms. The van der Waals surface area contributed by atoms with Crippen molar-refractivity contribution in [1.82, 2.24) is 10.3 Å². The molecule has 3 nitrogen and oxygen atoms in total. The van der Waals surface area contributed by atoms with Gasteiger partial charge in [-0.25, -0.2) is 4.98 Å². The van der Waals surface area contributed by atoms with E-state index in [1.807, 2.05) is 19.3 Å². The Balaban J connectivity index is 2.18. The molecule has 0 saturated heterocycles. The van der Waals surface area contributed by atoms with Crippen LogP contribution in [-0.4, -0.2) is 11.5 Å². The van der Waals surface area contributed by atoms with E-state index in [1.54, 1.807) is 0 Å². The molecule has 0 fully saturated rings. The second-order valence-corrected chi connectivity index (χ2v) is 2.99. The predicted molar refractivity (Wildman–Crippen MR) is 45.7 cm³/mol. The Labute approximate surface area is 71.5 Å². The highest BCUT2D eigenvalue weighted by atomic mass is 16.4. The number of aryl methyl sites for hydroxylation is 1. The first-order chi connectivity index (χ1) is 5.86. The maximum Gasteiger partial charge on any atom is 0.191 e. The van der Waals surface area contributed by atoms with Gasteiger partial charge in [-0.2, -0.15) is 0 Å². The van der Waals surface area contributed by atoms with Crippen molar-refractivity contribution < 1.29 is 4.42 Å². The molecule has 64 valence electrons. The monoisotopic (exact) mass is 164 g/mol. The Morgan fingerprint density at radius 2 is 2.58 bits per heavy atom. The van der Waals surface area contributed by atoms with Crippen LogP contribution in [0, 0.1) is 6.92 Å². The number of hydrogen-bond donors (Lipinski definition) is 1. The van der Waals surface area contributed by atoms with Crippen molar-refractivity contribution >= 4 is 0 Å². The summed E-state index contributed by atoms with van der Waals surface area (Å²) in [7, 11) is 0. The molecule has 0 radical (unpaired) electrons. The van der Waals surface area contributed by atoms with Crippen molar-refractivity contribution in [3.8, 4) is 0 Å². The molecule has 1 aliphatic rings.